The van der Waals surface area contributed by atoms with Crippen LogP contribution in [-0.2, 0) is 0 Å². The maximum atomic E-state index is 6.09. The van der Waals surface area contributed by atoms with Crippen LogP contribution >= 0.6 is 37.2 Å². The molecule has 0 spiro atoms. The summed E-state index contributed by atoms with van der Waals surface area (Å²) in [6, 6.07) is -0.274. The van der Waals surface area contributed by atoms with E-state index in [0.29, 0.717) is 19.6 Å². The zero-order chi connectivity index (χ0) is 12.6. The van der Waals surface area contributed by atoms with E-state index in [-0.39, 0.29) is 54.7 Å². The normalized spacial score (nSPS) is 13.6. The molecule has 0 saturated heterocycles. The monoisotopic (exact) mass is 340 g/mol. The minimum absolute atomic E-state index is 0. The quantitative estimate of drug-likeness (QED) is 0.290. The second-order valence-corrected chi connectivity index (χ2v) is 4.58. The molecule has 0 aliphatic rings. The van der Waals surface area contributed by atoms with E-state index in [1.54, 1.807) is 0 Å². The van der Waals surface area contributed by atoms with E-state index in [2.05, 4.69) is 5.32 Å². The summed E-state index contributed by atoms with van der Waals surface area (Å²) in [6.45, 7) is 5.13. The highest BCUT2D eigenvalue weighted by molar-refractivity contribution is 5.86. The Morgan fingerprint density at radius 1 is 0.947 bits per heavy atom. The predicted octanol–water partition coefficient (Wildman–Crippen LogP) is -1.23. The summed E-state index contributed by atoms with van der Waals surface area (Å²) in [5.41, 5.74) is 28.6. The van der Waals surface area contributed by atoms with Gasteiger partial charge in [0, 0.05) is 43.7 Å². The third-order valence-electron chi connectivity index (χ3n) is 3.17. The van der Waals surface area contributed by atoms with Crippen molar-refractivity contribution in [3.63, 3.8) is 0 Å². The van der Waals surface area contributed by atoms with Crippen molar-refractivity contribution in [3.8, 4) is 0 Å². The summed E-state index contributed by atoms with van der Waals surface area (Å²) < 4.78 is 0. The van der Waals surface area contributed by atoms with E-state index in [1.165, 1.54) is 0 Å². The van der Waals surface area contributed by atoms with Crippen LogP contribution in [0, 0.1) is 5.41 Å². The largest absolute Gasteiger partial charge is 0.330 e. The lowest BCUT2D eigenvalue weighted by molar-refractivity contribution is 0.236. The lowest BCUT2D eigenvalue weighted by Gasteiger charge is -2.36. The molecule has 0 rings (SSSR count). The molecule has 6 nitrogen and oxygen atoms in total. The lowest BCUT2D eigenvalue weighted by atomic mass is 9.78. The highest BCUT2D eigenvalue weighted by Crippen LogP contribution is 2.19. The van der Waals surface area contributed by atoms with Gasteiger partial charge in [-0.1, -0.05) is 6.92 Å². The number of nitrogens with two attached hydrogens (primary N) is 5. The average molecular weight is 342 g/mol. The Hall–Kier alpha value is 0.630. The Balaban J connectivity index is -0.000000375. The van der Waals surface area contributed by atoms with E-state index < -0.39 is 0 Å². The molecule has 122 valence electrons. The molecule has 0 radical (unpaired) electrons. The molecule has 0 aromatic carbocycles. The van der Waals surface area contributed by atoms with Gasteiger partial charge in [-0.3, -0.25) is 0 Å². The van der Waals surface area contributed by atoms with Crippen molar-refractivity contribution < 1.29 is 0 Å². The Labute approximate surface area is 135 Å². The van der Waals surface area contributed by atoms with Crippen LogP contribution in [0.5, 0.6) is 0 Å². The third-order valence-corrected chi connectivity index (χ3v) is 3.17. The highest BCUT2D eigenvalue weighted by Gasteiger charge is 2.32. The predicted molar refractivity (Wildman–Crippen MR) is 90.5 cm³/mol. The summed E-state index contributed by atoms with van der Waals surface area (Å²) >= 11 is 0. The molecule has 19 heavy (non-hydrogen) atoms. The highest BCUT2D eigenvalue weighted by atomic mass is 35.5. The lowest BCUT2D eigenvalue weighted by Crippen LogP contribution is -2.58. The molecular formula is C10H31Cl3N6. The molecule has 0 saturated carbocycles. The molecule has 0 fully saturated rings. The van der Waals surface area contributed by atoms with Crippen molar-refractivity contribution in [2.45, 2.75) is 25.4 Å². The van der Waals surface area contributed by atoms with Gasteiger partial charge in [-0.25, -0.2) is 0 Å². The van der Waals surface area contributed by atoms with Crippen LogP contribution in [0.3, 0.4) is 0 Å². The molecule has 0 aliphatic carbocycles. The van der Waals surface area contributed by atoms with Crippen molar-refractivity contribution in [3.05, 3.63) is 0 Å². The fraction of sp³-hybridized carbons (Fsp3) is 1.00. The van der Waals surface area contributed by atoms with Gasteiger partial charge in [-0.2, -0.15) is 0 Å². The summed E-state index contributed by atoms with van der Waals surface area (Å²) in [6.07, 6.45) is 0.802. The molecule has 2 atom stereocenters. The zero-order valence-electron chi connectivity index (χ0n) is 11.5. The maximum absolute atomic E-state index is 6.09. The van der Waals surface area contributed by atoms with Gasteiger partial charge < -0.3 is 34.0 Å². The number of halogens is 3. The average Bonchev–Trinajstić information content (AvgIpc) is 2.32. The fourth-order valence-electron chi connectivity index (χ4n) is 1.55. The second kappa shape index (κ2) is 15.0. The molecular weight excluding hydrogens is 311 g/mol. The Morgan fingerprint density at radius 2 is 1.42 bits per heavy atom. The van der Waals surface area contributed by atoms with Gasteiger partial charge in [0.1, 0.15) is 0 Å². The summed E-state index contributed by atoms with van der Waals surface area (Å²) in [4.78, 5) is 0. The first-order chi connectivity index (χ1) is 7.51. The minimum atomic E-state index is -0.284. The Morgan fingerprint density at radius 3 is 1.79 bits per heavy atom. The SMILES string of the molecule is CC(CN)(CN)C(N)C(N)CCNCCN.Cl.Cl.Cl. The molecule has 0 aliphatic heterocycles. The van der Waals surface area contributed by atoms with Crippen LogP contribution in [0.25, 0.3) is 0 Å². The first kappa shape index (κ1) is 27.9. The van der Waals surface area contributed by atoms with E-state index in [9.17, 15) is 0 Å². The number of rotatable bonds is 9. The third kappa shape index (κ3) is 10.1. The molecule has 0 amide bonds. The van der Waals surface area contributed by atoms with Crippen molar-refractivity contribution in [2.24, 2.45) is 34.1 Å². The van der Waals surface area contributed by atoms with Crippen LogP contribution in [0.1, 0.15) is 13.3 Å². The first-order valence-electron chi connectivity index (χ1n) is 5.84. The van der Waals surface area contributed by atoms with Gasteiger partial charge in [0.25, 0.3) is 0 Å². The van der Waals surface area contributed by atoms with Crippen LogP contribution in [0.2, 0.25) is 0 Å². The second-order valence-electron chi connectivity index (χ2n) is 4.58. The molecule has 0 aromatic heterocycles. The molecule has 0 bridgehead atoms. The minimum Gasteiger partial charge on any atom is -0.330 e. The summed E-state index contributed by atoms with van der Waals surface area (Å²) in [7, 11) is 0. The Kier molecular flexibility index (Phi) is 22.1. The topological polar surface area (TPSA) is 142 Å². The zero-order valence-corrected chi connectivity index (χ0v) is 14.0. The van der Waals surface area contributed by atoms with Crippen molar-refractivity contribution in [1.82, 2.24) is 5.32 Å². The Bertz CT molecular complexity index is 183. The van der Waals surface area contributed by atoms with Crippen LogP contribution in [-0.4, -0.2) is 44.8 Å². The van der Waals surface area contributed by atoms with Crippen LogP contribution < -0.4 is 34.0 Å². The van der Waals surface area contributed by atoms with Crippen LogP contribution in [0.15, 0.2) is 0 Å². The smallest absolute Gasteiger partial charge is 0.0271 e. The van der Waals surface area contributed by atoms with Gasteiger partial charge in [-0.15, -0.1) is 37.2 Å². The van der Waals surface area contributed by atoms with Crippen molar-refractivity contribution in [1.29, 1.82) is 0 Å². The first-order valence-corrected chi connectivity index (χ1v) is 5.84. The number of hydrogen-bond donors (Lipinski definition) is 6. The number of hydrogen-bond acceptors (Lipinski definition) is 6. The van der Waals surface area contributed by atoms with Gasteiger partial charge in [0.05, 0.1) is 0 Å². The summed E-state index contributed by atoms with van der Waals surface area (Å²) in [5, 5.41) is 3.19. The molecule has 2 unspecified atom stereocenters. The molecule has 9 heteroatoms. The maximum Gasteiger partial charge on any atom is 0.0271 e. The van der Waals surface area contributed by atoms with Crippen molar-refractivity contribution in [2.75, 3.05) is 32.7 Å². The van der Waals surface area contributed by atoms with Crippen LogP contribution in [0.4, 0.5) is 0 Å². The molecule has 0 aromatic rings. The molecule has 0 heterocycles. The van der Waals surface area contributed by atoms with Gasteiger partial charge in [0.15, 0.2) is 0 Å². The van der Waals surface area contributed by atoms with E-state index in [4.69, 9.17) is 28.7 Å². The fourth-order valence-corrected chi connectivity index (χ4v) is 1.55. The van der Waals surface area contributed by atoms with E-state index in [0.717, 1.165) is 19.5 Å². The molecule has 11 N–H and O–H groups in total. The standard InChI is InChI=1S/C10H28N6.3ClH/c1-10(6-12,7-13)9(15)8(14)2-4-16-5-3-11;;;/h8-9,16H,2-7,11-15H2,1H3;3*1H. The van der Waals surface area contributed by atoms with Gasteiger partial charge >= 0.3 is 0 Å². The summed E-state index contributed by atoms with van der Waals surface area (Å²) in [5.74, 6) is 0. The number of nitrogens with one attached hydrogen (secondary N) is 1. The van der Waals surface area contributed by atoms with E-state index >= 15 is 0 Å². The van der Waals surface area contributed by atoms with Crippen molar-refractivity contribution >= 4 is 37.2 Å². The van der Waals surface area contributed by atoms with Gasteiger partial charge in [-0.05, 0) is 13.0 Å². The van der Waals surface area contributed by atoms with E-state index in [1.807, 2.05) is 6.92 Å². The van der Waals surface area contributed by atoms with Gasteiger partial charge in [0.2, 0.25) is 0 Å².